The number of hydrogen-bond donors (Lipinski definition) is 1. The molecule has 1 unspecified atom stereocenters. The fourth-order valence-electron chi connectivity index (χ4n) is 0.413. The van der Waals surface area contributed by atoms with Gasteiger partial charge in [0.25, 0.3) is 0 Å². The highest BCUT2D eigenvalue weighted by atomic mass is 79.9. The summed E-state index contributed by atoms with van der Waals surface area (Å²) in [5, 5.41) is 0. The molecule has 10 heavy (non-hydrogen) atoms. The SMILES string of the molecule is O=S(O)c1cc(Br)c(Cl)s1. The Morgan fingerprint density at radius 3 is 2.60 bits per heavy atom. The predicted octanol–water partition coefficient (Wildman–Crippen LogP) is 2.74. The Morgan fingerprint density at radius 1 is 1.80 bits per heavy atom. The summed E-state index contributed by atoms with van der Waals surface area (Å²) in [7, 11) is 0. The molecule has 1 atom stereocenters. The summed E-state index contributed by atoms with van der Waals surface area (Å²) >= 11 is 7.89. The van der Waals surface area contributed by atoms with Gasteiger partial charge in [0.05, 0.1) is 0 Å². The third-order valence-corrected chi connectivity index (χ3v) is 4.20. The highest BCUT2D eigenvalue weighted by Crippen LogP contribution is 2.33. The summed E-state index contributed by atoms with van der Waals surface area (Å²) in [5.41, 5.74) is 0. The van der Waals surface area contributed by atoms with Crippen LogP contribution in [0.15, 0.2) is 14.7 Å². The molecule has 6 heteroatoms. The number of rotatable bonds is 1. The monoisotopic (exact) mass is 260 g/mol. The molecule has 0 amide bonds. The van der Waals surface area contributed by atoms with Crippen molar-refractivity contribution in [1.29, 1.82) is 0 Å². The largest absolute Gasteiger partial charge is 0.302 e. The van der Waals surface area contributed by atoms with E-state index < -0.39 is 11.1 Å². The van der Waals surface area contributed by atoms with Crippen LogP contribution in [0.2, 0.25) is 4.34 Å². The first-order valence-electron chi connectivity index (χ1n) is 2.17. The molecular weight excluding hydrogens is 260 g/mol. The standard InChI is InChI=1S/C4H2BrClO2S2/c5-2-1-3(10(7)8)9-4(2)6/h1H,(H,7,8). The number of halogens is 2. The molecule has 0 aliphatic rings. The van der Waals surface area contributed by atoms with Gasteiger partial charge in [-0.1, -0.05) is 11.6 Å². The lowest BCUT2D eigenvalue weighted by atomic mass is 10.7. The lowest BCUT2D eigenvalue weighted by Gasteiger charge is -1.80. The van der Waals surface area contributed by atoms with E-state index in [9.17, 15) is 4.21 Å². The fourth-order valence-corrected chi connectivity index (χ4v) is 2.89. The summed E-state index contributed by atoms with van der Waals surface area (Å²) in [6.07, 6.45) is 0. The summed E-state index contributed by atoms with van der Waals surface area (Å²) in [5.74, 6) is 0. The van der Waals surface area contributed by atoms with Gasteiger partial charge in [0, 0.05) is 4.47 Å². The van der Waals surface area contributed by atoms with Gasteiger partial charge in [0.15, 0.2) is 11.1 Å². The second-order valence-electron chi connectivity index (χ2n) is 1.44. The van der Waals surface area contributed by atoms with Crippen molar-refractivity contribution in [1.82, 2.24) is 0 Å². The Morgan fingerprint density at radius 2 is 2.40 bits per heavy atom. The highest BCUT2D eigenvalue weighted by Gasteiger charge is 2.07. The summed E-state index contributed by atoms with van der Waals surface area (Å²) in [4.78, 5) is 0. The molecule has 1 aromatic rings. The normalized spacial score (nSPS) is 13.5. The molecule has 0 saturated carbocycles. The van der Waals surface area contributed by atoms with E-state index in [1.54, 1.807) is 0 Å². The van der Waals surface area contributed by atoms with E-state index in [4.69, 9.17) is 16.2 Å². The molecule has 0 aliphatic heterocycles. The van der Waals surface area contributed by atoms with Crippen LogP contribution in [0.4, 0.5) is 0 Å². The van der Waals surface area contributed by atoms with Crippen LogP contribution in [0.1, 0.15) is 0 Å². The van der Waals surface area contributed by atoms with Crippen LogP contribution in [-0.4, -0.2) is 8.76 Å². The van der Waals surface area contributed by atoms with Crippen molar-refractivity contribution < 1.29 is 8.76 Å². The Labute approximate surface area is 77.6 Å². The van der Waals surface area contributed by atoms with Crippen molar-refractivity contribution in [2.24, 2.45) is 0 Å². The molecule has 1 N–H and O–H groups in total. The van der Waals surface area contributed by atoms with Crippen LogP contribution >= 0.6 is 38.9 Å². The molecule has 0 fully saturated rings. The first-order chi connectivity index (χ1) is 4.61. The van der Waals surface area contributed by atoms with E-state index in [1.165, 1.54) is 6.07 Å². The Hall–Kier alpha value is 0.580. The molecule has 0 radical (unpaired) electrons. The van der Waals surface area contributed by atoms with E-state index >= 15 is 0 Å². The van der Waals surface area contributed by atoms with Gasteiger partial charge in [-0.3, -0.25) is 0 Å². The van der Waals surface area contributed by atoms with Crippen molar-refractivity contribution in [3.8, 4) is 0 Å². The average molecular weight is 262 g/mol. The molecular formula is C4H2BrClO2S2. The quantitative estimate of drug-likeness (QED) is 0.789. The first kappa shape index (κ1) is 8.67. The van der Waals surface area contributed by atoms with Crippen molar-refractivity contribution in [2.45, 2.75) is 4.21 Å². The van der Waals surface area contributed by atoms with Crippen LogP contribution < -0.4 is 0 Å². The van der Waals surface area contributed by atoms with Crippen LogP contribution in [0.5, 0.6) is 0 Å². The smallest absolute Gasteiger partial charge is 0.196 e. The van der Waals surface area contributed by atoms with Crippen molar-refractivity contribution >= 4 is 49.9 Å². The molecule has 0 saturated heterocycles. The van der Waals surface area contributed by atoms with Crippen molar-refractivity contribution in [3.63, 3.8) is 0 Å². The number of thiophene rings is 1. The van der Waals surface area contributed by atoms with Crippen LogP contribution in [0.3, 0.4) is 0 Å². The van der Waals surface area contributed by atoms with E-state index in [0.717, 1.165) is 11.3 Å². The second kappa shape index (κ2) is 3.32. The van der Waals surface area contributed by atoms with Crippen LogP contribution in [0.25, 0.3) is 0 Å². The van der Waals surface area contributed by atoms with Crippen molar-refractivity contribution in [3.05, 3.63) is 14.9 Å². The van der Waals surface area contributed by atoms with Gasteiger partial charge in [-0.15, -0.1) is 11.3 Å². The zero-order chi connectivity index (χ0) is 7.72. The lowest BCUT2D eigenvalue weighted by molar-refractivity contribution is 0.566. The Bertz CT molecular complexity index is 253. The lowest BCUT2D eigenvalue weighted by Crippen LogP contribution is -1.79. The number of hydrogen-bond acceptors (Lipinski definition) is 2. The first-order valence-corrected chi connectivity index (χ1v) is 5.26. The third kappa shape index (κ3) is 1.79. The minimum absolute atomic E-state index is 0.358. The minimum atomic E-state index is -1.91. The van der Waals surface area contributed by atoms with E-state index in [0.29, 0.717) is 13.0 Å². The third-order valence-electron chi connectivity index (χ3n) is 0.795. The molecule has 1 aromatic heterocycles. The summed E-state index contributed by atoms with van der Waals surface area (Å²) in [6.45, 7) is 0. The predicted molar refractivity (Wildman–Crippen MR) is 46.1 cm³/mol. The van der Waals surface area contributed by atoms with Gasteiger partial charge in [-0.05, 0) is 22.0 Å². The zero-order valence-corrected chi connectivity index (χ0v) is 8.48. The van der Waals surface area contributed by atoms with Gasteiger partial charge in [0.1, 0.15) is 8.55 Å². The maximum absolute atomic E-state index is 10.4. The summed E-state index contributed by atoms with van der Waals surface area (Å²) in [6, 6.07) is 1.53. The average Bonchev–Trinajstić information content (AvgIpc) is 2.13. The molecule has 1 rings (SSSR count). The zero-order valence-electron chi connectivity index (χ0n) is 4.51. The molecule has 0 bridgehead atoms. The molecule has 0 spiro atoms. The van der Waals surface area contributed by atoms with Gasteiger partial charge in [0.2, 0.25) is 0 Å². The maximum Gasteiger partial charge on any atom is 0.196 e. The van der Waals surface area contributed by atoms with Gasteiger partial charge < -0.3 is 4.55 Å². The van der Waals surface area contributed by atoms with Gasteiger partial charge >= 0.3 is 0 Å². The maximum atomic E-state index is 10.4. The van der Waals surface area contributed by atoms with Gasteiger partial charge in [-0.25, -0.2) is 4.21 Å². The summed E-state index contributed by atoms with van der Waals surface area (Å²) < 4.78 is 20.5. The van der Waals surface area contributed by atoms with E-state index in [2.05, 4.69) is 15.9 Å². The van der Waals surface area contributed by atoms with E-state index in [-0.39, 0.29) is 0 Å². The molecule has 0 aromatic carbocycles. The highest BCUT2D eigenvalue weighted by molar-refractivity contribution is 9.10. The van der Waals surface area contributed by atoms with Crippen molar-refractivity contribution in [2.75, 3.05) is 0 Å². The molecule has 0 aliphatic carbocycles. The molecule has 56 valence electrons. The molecule has 2 nitrogen and oxygen atoms in total. The fraction of sp³-hybridized carbons (Fsp3) is 0. The minimum Gasteiger partial charge on any atom is -0.302 e. The van der Waals surface area contributed by atoms with E-state index in [1.807, 2.05) is 0 Å². The Balaban J connectivity index is 3.10. The topological polar surface area (TPSA) is 37.3 Å². The second-order valence-corrected chi connectivity index (χ2v) is 5.14. The van der Waals surface area contributed by atoms with Gasteiger partial charge in [-0.2, -0.15) is 0 Å². The Kier molecular flexibility index (Phi) is 2.88. The molecule has 1 heterocycles. The van der Waals surface area contributed by atoms with Crippen LogP contribution in [-0.2, 0) is 11.1 Å². The van der Waals surface area contributed by atoms with Crippen LogP contribution in [0, 0.1) is 0 Å².